The lowest BCUT2D eigenvalue weighted by Gasteiger charge is -2.47. The number of nitrogens with one attached hydrogen (secondary N) is 1. The first-order valence-corrected chi connectivity index (χ1v) is 15.7. The lowest BCUT2D eigenvalue weighted by Crippen LogP contribution is -2.65. The van der Waals surface area contributed by atoms with Gasteiger partial charge in [0.05, 0.1) is 12.1 Å². The van der Waals surface area contributed by atoms with Crippen molar-refractivity contribution in [1.82, 2.24) is 15.1 Å². The second-order valence-electron chi connectivity index (χ2n) is 13.7. The van der Waals surface area contributed by atoms with Gasteiger partial charge in [0.1, 0.15) is 17.2 Å². The molecule has 0 radical (unpaired) electrons. The van der Waals surface area contributed by atoms with E-state index < -0.39 is 29.4 Å². The Hall–Kier alpha value is -4.33. The van der Waals surface area contributed by atoms with Crippen LogP contribution in [0.4, 0.5) is 9.59 Å². The third-order valence-corrected chi connectivity index (χ3v) is 7.51. The minimum atomic E-state index is -0.869. The van der Waals surface area contributed by atoms with Gasteiger partial charge in [0.2, 0.25) is 5.91 Å². The number of carbonyl (C=O) groups is 3. The summed E-state index contributed by atoms with van der Waals surface area (Å²) in [5.41, 5.74) is 1.62. The minimum Gasteiger partial charge on any atom is -0.444 e. The molecule has 3 aromatic rings. The van der Waals surface area contributed by atoms with E-state index in [9.17, 15) is 14.4 Å². The summed E-state index contributed by atoms with van der Waals surface area (Å²) < 4.78 is 11.4. The number of hydrogen-bond acceptors (Lipinski definition) is 5. The van der Waals surface area contributed by atoms with Gasteiger partial charge in [0.25, 0.3) is 0 Å². The van der Waals surface area contributed by atoms with E-state index in [4.69, 9.17) is 9.47 Å². The van der Waals surface area contributed by atoms with E-state index in [-0.39, 0.29) is 31.1 Å². The summed E-state index contributed by atoms with van der Waals surface area (Å²) >= 11 is 0. The Morgan fingerprint density at radius 1 is 0.667 bits per heavy atom. The molecule has 0 bridgehead atoms. The molecule has 0 aromatic heterocycles. The summed E-state index contributed by atoms with van der Waals surface area (Å²) in [5.74, 6) is -0.215. The van der Waals surface area contributed by atoms with Gasteiger partial charge in [-0.05, 0) is 71.1 Å². The molecule has 1 unspecified atom stereocenters. The van der Waals surface area contributed by atoms with E-state index in [1.54, 1.807) is 25.7 Å². The maximum absolute atomic E-state index is 14.6. The number of piperazine rings is 1. The number of carbonyl (C=O) groups excluding carboxylic acids is 3. The fraction of sp³-hybridized carbons (Fsp3) is 0.432. The predicted octanol–water partition coefficient (Wildman–Crippen LogP) is 6.42. The second-order valence-corrected chi connectivity index (χ2v) is 13.7. The topological polar surface area (TPSA) is 88.2 Å². The summed E-state index contributed by atoms with van der Waals surface area (Å²) in [6.45, 7) is 11.5. The number of alkyl carbamates (subject to hydrolysis) is 1. The van der Waals surface area contributed by atoms with E-state index in [1.807, 2.05) is 117 Å². The van der Waals surface area contributed by atoms with E-state index in [1.165, 1.54) is 0 Å². The van der Waals surface area contributed by atoms with Crippen LogP contribution in [-0.4, -0.2) is 70.3 Å². The molecule has 1 N–H and O–H groups in total. The van der Waals surface area contributed by atoms with Crippen molar-refractivity contribution < 1.29 is 23.9 Å². The summed E-state index contributed by atoms with van der Waals surface area (Å²) in [5, 5.41) is 2.88. The van der Waals surface area contributed by atoms with Crippen LogP contribution in [0.5, 0.6) is 0 Å². The Balaban J connectivity index is 1.71. The van der Waals surface area contributed by atoms with Gasteiger partial charge in [-0.1, -0.05) is 91.0 Å². The molecule has 1 aliphatic rings. The highest BCUT2D eigenvalue weighted by atomic mass is 16.6. The molecule has 240 valence electrons. The summed E-state index contributed by atoms with van der Waals surface area (Å²) in [6.07, 6.45) is 0.331. The quantitative estimate of drug-likeness (QED) is 0.317. The van der Waals surface area contributed by atoms with Crippen LogP contribution in [0.3, 0.4) is 0 Å². The van der Waals surface area contributed by atoms with E-state index in [0.717, 1.165) is 16.7 Å². The third-order valence-electron chi connectivity index (χ3n) is 7.51. The monoisotopic (exact) mass is 613 g/mol. The Labute approximate surface area is 267 Å². The van der Waals surface area contributed by atoms with Crippen LogP contribution in [0, 0.1) is 0 Å². The van der Waals surface area contributed by atoms with E-state index >= 15 is 0 Å². The molecule has 3 aromatic carbocycles. The largest absolute Gasteiger partial charge is 0.444 e. The summed E-state index contributed by atoms with van der Waals surface area (Å²) in [4.78, 5) is 45.0. The van der Waals surface area contributed by atoms with Crippen molar-refractivity contribution >= 4 is 18.1 Å². The van der Waals surface area contributed by atoms with Crippen LogP contribution < -0.4 is 5.32 Å². The molecule has 4 rings (SSSR count). The highest BCUT2D eigenvalue weighted by Gasteiger charge is 2.42. The molecule has 0 aliphatic carbocycles. The first-order chi connectivity index (χ1) is 21.3. The molecule has 45 heavy (non-hydrogen) atoms. The highest BCUT2D eigenvalue weighted by Crippen LogP contribution is 2.26. The lowest BCUT2D eigenvalue weighted by atomic mass is 9.94. The molecular weight excluding hydrogens is 566 g/mol. The van der Waals surface area contributed by atoms with Crippen LogP contribution in [0.25, 0.3) is 0 Å². The number of ether oxygens (including phenoxy) is 2. The van der Waals surface area contributed by atoms with Gasteiger partial charge in [-0.2, -0.15) is 0 Å². The molecular formula is C37H47N3O5. The van der Waals surface area contributed by atoms with Gasteiger partial charge in [0.15, 0.2) is 0 Å². The number of amides is 3. The average molecular weight is 614 g/mol. The van der Waals surface area contributed by atoms with Crippen LogP contribution >= 0.6 is 0 Å². The molecule has 1 heterocycles. The molecule has 1 saturated heterocycles. The summed E-state index contributed by atoms with van der Waals surface area (Å²) in [6, 6.07) is 28.0. The minimum absolute atomic E-state index is 0.215. The number of nitrogens with zero attached hydrogens (tertiary/aromatic N) is 2. The van der Waals surface area contributed by atoms with Crippen molar-refractivity contribution in [2.45, 2.75) is 90.1 Å². The van der Waals surface area contributed by atoms with E-state index in [0.29, 0.717) is 19.3 Å². The third kappa shape index (κ3) is 10.4. The first kappa shape index (κ1) is 33.6. The molecule has 8 nitrogen and oxygen atoms in total. The van der Waals surface area contributed by atoms with Crippen molar-refractivity contribution in [3.05, 3.63) is 108 Å². The maximum atomic E-state index is 14.6. The van der Waals surface area contributed by atoms with Crippen LogP contribution in [0.1, 0.15) is 58.2 Å². The zero-order valence-corrected chi connectivity index (χ0v) is 27.4. The molecule has 3 amide bonds. The Morgan fingerprint density at radius 2 is 1.09 bits per heavy atom. The standard InChI is InChI=1S/C37H47N3O5/c1-36(2,3)44-34(42)38-32(24-29-20-14-9-15-21-29)33(41)39-25-31(23-28-18-12-8-13-19-28)40(35(43)45-37(4,5)6)26-30(39)22-27-16-10-7-11-17-27/h7-21,30-32H,22-26H2,1-6H3,(H,38,42)/t30?,31-,32-/m0/s1. The molecule has 1 fully saturated rings. The van der Waals surface area contributed by atoms with Gasteiger partial charge >= 0.3 is 12.2 Å². The van der Waals surface area contributed by atoms with Gasteiger partial charge in [-0.15, -0.1) is 0 Å². The SMILES string of the molecule is CC(C)(C)OC(=O)N[C@@H](Cc1ccccc1)C(=O)N1C[C@H](Cc2ccccc2)N(C(=O)OC(C)(C)C)CC1Cc1ccccc1. The zero-order valence-electron chi connectivity index (χ0n) is 27.4. The van der Waals surface area contributed by atoms with Gasteiger partial charge < -0.3 is 24.6 Å². The van der Waals surface area contributed by atoms with E-state index in [2.05, 4.69) is 5.32 Å². The van der Waals surface area contributed by atoms with Crippen LogP contribution in [0.2, 0.25) is 0 Å². The molecule has 8 heteroatoms. The van der Waals surface area contributed by atoms with Crippen molar-refractivity contribution in [2.24, 2.45) is 0 Å². The summed E-state index contributed by atoms with van der Waals surface area (Å²) in [7, 11) is 0. The lowest BCUT2D eigenvalue weighted by molar-refractivity contribution is -0.140. The molecule has 3 atom stereocenters. The number of benzene rings is 3. The normalized spacial score (nSPS) is 17.7. The molecule has 1 aliphatic heterocycles. The zero-order chi connectivity index (χ0) is 32.6. The van der Waals surface area contributed by atoms with Gasteiger partial charge in [-0.25, -0.2) is 9.59 Å². The van der Waals surface area contributed by atoms with Crippen molar-refractivity contribution in [2.75, 3.05) is 13.1 Å². The predicted molar refractivity (Wildman–Crippen MR) is 176 cm³/mol. The Bertz CT molecular complexity index is 1400. The Kier molecular flexibility index (Phi) is 10.9. The van der Waals surface area contributed by atoms with Crippen LogP contribution in [0.15, 0.2) is 91.0 Å². The highest BCUT2D eigenvalue weighted by molar-refractivity contribution is 5.87. The van der Waals surface area contributed by atoms with Crippen molar-refractivity contribution in [1.29, 1.82) is 0 Å². The van der Waals surface area contributed by atoms with Gasteiger partial charge in [-0.3, -0.25) is 4.79 Å². The van der Waals surface area contributed by atoms with Crippen molar-refractivity contribution in [3.8, 4) is 0 Å². The van der Waals surface area contributed by atoms with Gasteiger partial charge in [0, 0.05) is 19.5 Å². The molecule has 0 saturated carbocycles. The number of rotatable bonds is 8. The average Bonchev–Trinajstić information content (AvgIpc) is 2.97. The second kappa shape index (κ2) is 14.6. The fourth-order valence-electron chi connectivity index (χ4n) is 5.59. The Morgan fingerprint density at radius 3 is 1.56 bits per heavy atom. The smallest absolute Gasteiger partial charge is 0.410 e. The fourth-order valence-corrected chi connectivity index (χ4v) is 5.59. The number of hydrogen-bond donors (Lipinski definition) is 1. The maximum Gasteiger partial charge on any atom is 0.410 e. The van der Waals surface area contributed by atoms with Crippen LogP contribution in [-0.2, 0) is 33.5 Å². The molecule has 0 spiro atoms. The van der Waals surface area contributed by atoms with Crippen molar-refractivity contribution in [3.63, 3.8) is 0 Å². The first-order valence-electron chi connectivity index (χ1n) is 15.7.